The summed E-state index contributed by atoms with van der Waals surface area (Å²) < 4.78 is 10.7. The molecule has 0 aromatic heterocycles. The molecule has 18 heavy (non-hydrogen) atoms. The van der Waals surface area contributed by atoms with Gasteiger partial charge in [-0.2, -0.15) is 0 Å². The Morgan fingerprint density at radius 3 is 3.00 bits per heavy atom. The zero-order chi connectivity index (χ0) is 12.8. The molecular formula is C15H19NO2. The van der Waals surface area contributed by atoms with Gasteiger partial charge in [0.15, 0.2) is 11.5 Å². The van der Waals surface area contributed by atoms with Crippen LogP contribution in [0.5, 0.6) is 11.5 Å². The van der Waals surface area contributed by atoms with Crippen molar-refractivity contribution in [2.75, 3.05) is 13.3 Å². The molecule has 1 aliphatic rings. The first-order valence-electron chi connectivity index (χ1n) is 6.31. The molecule has 1 unspecified atom stereocenters. The van der Waals surface area contributed by atoms with E-state index in [0.29, 0.717) is 12.8 Å². The van der Waals surface area contributed by atoms with E-state index in [-0.39, 0.29) is 0 Å². The largest absolute Gasteiger partial charge is 0.454 e. The summed E-state index contributed by atoms with van der Waals surface area (Å²) >= 11 is 0. The van der Waals surface area contributed by atoms with Gasteiger partial charge in [-0.1, -0.05) is 12.0 Å². The fourth-order valence-electron chi connectivity index (χ4n) is 1.90. The van der Waals surface area contributed by atoms with E-state index in [1.165, 1.54) is 5.56 Å². The fourth-order valence-corrected chi connectivity index (χ4v) is 1.90. The van der Waals surface area contributed by atoms with E-state index >= 15 is 0 Å². The zero-order valence-corrected chi connectivity index (χ0v) is 11.0. The highest BCUT2D eigenvalue weighted by Crippen LogP contribution is 2.32. The lowest BCUT2D eigenvalue weighted by atomic mass is 10.1. The van der Waals surface area contributed by atoms with Crippen LogP contribution in [0.1, 0.15) is 25.8 Å². The number of hydrogen-bond donors (Lipinski definition) is 1. The van der Waals surface area contributed by atoms with Crippen LogP contribution in [-0.2, 0) is 6.42 Å². The zero-order valence-electron chi connectivity index (χ0n) is 11.0. The van der Waals surface area contributed by atoms with Gasteiger partial charge in [0.05, 0.1) is 6.54 Å². The average molecular weight is 245 g/mol. The minimum atomic E-state index is 0.340. The summed E-state index contributed by atoms with van der Waals surface area (Å²) in [5, 5.41) is 3.38. The number of nitrogens with one attached hydrogen (secondary N) is 1. The number of rotatable bonds is 5. The van der Waals surface area contributed by atoms with Crippen molar-refractivity contribution in [1.29, 1.82) is 0 Å². The van der Waals surface area contributed by atoms with E-state index in [9.17, 15) is 0 Å². The third kappa shape index (κ3) is 3.41. The Labute approximate surface area is 108 Å². The molecule has 0 amide bonds. The van der Waals surface area contributed by atoms with Gasteiger partial charge < -0.3 is 14.8 Å². The van der Waals surface area contributed by atoms with Crippen LogP contribution in [0, 0.1) is 11.8 Å². The van der Waals surface area contributed by atoms with Gasteiger partial charge in [-0.05, 0) is 44.4 Å². The SMILES string of the molecule is CC#CCNC(C)CCc1ccc2c(c1)OCO2. The van der Waals surface area contributed by atoms with E-state index in [1.807, 2.05) is 13.0 Å². The predicted molar refractivity (Wildman–Crippen MR) is 71.8 cm³/mol. The molecule has 0 bridgehead atoms. The molecule has 1 aromatic carbocycles. The second-order valence-electron chi connectivity index (χ2n) is 4.44. The van der Waals surface area contributed by atoms with Crippen LogP contribution >= 0.6 is 0 Å². The normalized spacial score (nSPS) is 13.9. The molecule has 0 radical (unpaired) electrons. The highest BCUT2D eigenvalue weighted by molar-refractivity contribution is 5.44. The van der Waals surface area contributed by atoms with Crippen LogP contribution in [0.3, 0.4) is 0 Å². The molecule has 1 aliphatic heterocycles. The van der Waals surface area contributed by atoms with E-state index < -0.39 is 0 Å². The van der Waals surface area contributed by atoms with Gasteiger partial charge >= 0.3 is 0 Å². The van der Waals surface area contributed by atoms with Crippen LogP contribution in [-0.4, -0.2) is 19.4 Å². The molecule has 1 atom stereocenters. The predicted octanol–water partition coefficient (Wildman–Crippen LogP) is 2.35. The summed E-state index contributed by atoms with van der Waals surface area (Å²) in [6, 6.07) is 6.63. The van der Waals surface area contributed by atoms with Crippen molar-refractivity contribution < 1.29 is 9.47 Å². The number of aryl methyl sites for hydroxylation is 1. The highest BCUT2D eigenvalue weighted by Gasteiger charge is 2.13. The lowest BCUT2D eigenvalue weighted by Gasteiger charge is -2.11. The lowest BCUT2D eigenvalue weighted by Crippen LogP contribution is -2.26. The monoisotopic (exact) mass is 245 g/mol. The molecule has 0 saturated heterocycles. The van der Waals surface area contributed by atoms with Crippen molar-refractivity contribution in [3.05, 3.63) is 23.8 Å². The maximum atomic E-state index is 5.37. The van der Waals surface area contributed by atoms with Crippen LogP contribution in [0.15, 0.2) is 18.2 Å². The molecule has 1 heterocycles. The molecule has 0 spiro atoms. The van der Waals surface area contributed by atoms with Gasteiger partial charge in [0.25, 0.3) is 0 Å². The van der Waals surface area contributed by atoms with Crippen molar-refractivity contribution >= 4 is 0 Å². The minimum absolute atomic E-state index is 0.340. The minimum Gasteiger partial charge on any atom is -0.454 e. The standard InChI is InChI=1S/C15H19NO2/c1-3-4-9-16-12(2)5-6-13-7-8-14-15(10-13)18-11-17-14/h7-8,10,12,16H,5-6,9,11H2,1-2H3. The van der Waals surface area contributed by atoms with E-state index in [1.54, 1.807) is 0 Å². The van der Waals surface area contributed by atoms with E-state index in [4.69, 9.17) is 9.47 Å². The Morgan fingerprint density at radius 2 is 2.17 bits per heavy atom. The molecule has 1 N–H and O–H groups in total. The maximum absolute atomic E-state index is 5.37. The Balaban J connectivity index is 1.80. The smallest absolute Gasteiger partial charge is 0.231 e. The molecule has 0 aliphatic carbocycles. The Bertz CT molecular complexity index is 459. The molecule has 3 heteroatoms. The van der Waals surface area contributed by atoms with Crippen LogP contribution in [0.4, 0.5) is 0 Å². The van der Waals surface area contributed by atoms with E-state index in [2.05, 4.69) is 36.2 Å². The Kier molecular flexibility index (Phi) is 4.49. The molecule has 0 saturated carbocycles. The quantitative estimate of drug-likeness (QED) is 0.808. The first-order valence-corrected chi connectivity index (χ1v) is 6.31. The Hall–Kier alpha value is -1.66. The average Bonchev–Trinajstić information content (AvgIpc) is 2.84. The van der Waals surface area contributed by atoms with Crippen molar-refractivity contribution in [2.45, 2.75) is 32.7 Å². The van der Waals surface area contributed by atoms with Crippen molar-refractivity contribution in [1.82, 2.24) is 5.32 Å². The second-order valence-corrected chi connectivity index (χ2v) is 4.44. The highest BCUT2D eigenvalue weighted by atomic mass is 16.7. The summed E-state index contributed by atoms with van der Waals surface area (Å²) in [7, 11) is 0. The molecule has 96 valence electrons. The van der Waals surface area contributed by atoms with Gasteiger partial charge in [-0.3, -0.25) is 0 Å². The van der Waals surface area contributed by atoms with Gasteiger partial charge in [-0.25, -0.2) is 0 Å². The summed E-state index contributed by atoms with van der Waals surface area (Å²) in [6.45, 7) is 5.15. The first-order chi connectivity index (χ1) is 8.79. The molecular weight excluding hydrogens is 226 g/mol. The lowest BCUT2D eigenvalue weighted by molar-refractivity contribution is 0.174. The summed E-state index contributed by atoms with van der Waals surface area (Å²) in [5.74, 6) is 7.61. The topological polar surface area (TPSA) is 30.5 Å². The molecule has 2 rings (SSSR count). The van der Waals surface area contributed by atoms with Crippen molar-refractivity contribution in [3.63, 3.8) is 0 Å². The second kappa shape index (κ2) is 6.32. The van der Waals surface area contributed by atoms with Gasteiger partial charge in [0, 0.05) is 6.04 Å². The van der Waals surface area contributed by atoms with Crippen LogP contribution in [0.2, 0.25) is 0 Å². The van der Waals surface area contributed by atoms with Gasteiger partial charge in [0.1, 0.15) is 0 Å². The number of hydrogen-bond acceptors (Lipinski definition) is 3. The summed E-state index contributed by atoms with van der Waals surface area (Å²) in [5.41, 5.74) is 1.29. The summed E-state index contributed by atoms with van der Waals surface area (Å²) in [6.07, 6.45) is 2.12. The van der Waals surface area contributed by atoms with Crippen LogP contribution in [0.25, 0.3) is 0 Å². The fraction of sp³-hybridized carbons (Fsp3) is 0.467. The Morgan fingerprint density at radius 1 is 1.33 bits per heavy atom. The maximum Gasteiger partial charge on any atom is 0.231 e. The number of ether oxygens (including phenoxy) is 2. The third-order valence-electron chi connectivity index (χ3n) is 3.02. The van der Waals surface area contributed by atoms with Gasteiger partial charge in [0.2, 0.25) is 6.79 Å². The van der Waals surface area contributed by atoms with Crippen molar-refractivity contribution in [2.24, 2.45) is 0 Å². The van der Waals surface area contributed by atoms with E-state index in [0.717, 1.165) is 30.9 Å². The van der Waals surface area contributed by atoms with Gasteiger partial charge in [-0.15, -0.1) is 5.92 Å². The molecule has 3 nitrogen and oxygen atoms in total. The number of benzene rings is 1. The summed E-state index contributed by atoms with van der Waals surface area (Å²) in [4.78, 5) is 0. The molecule has 1 aromatic rings. The molecule has 0 fully saturated rings. The third-order valence-corrected chi connectivity index (χ3v) is 3.02. The first kappa shape index (κ1) is 12.8. The number of fused-ring (bicyclic) bond motifs is 1. The van der Waals surface area contributed by atoms with Crippen molar-refractivity contribution in [3.8, 4) is 23.3 Å². The van der Waals surface area contributed by atoms with Crippen LogP contribution < -0.4 is 14.8 Å².